The fourth-order valence-corrected chi connectivity index (χ4v) is 2.16. The molecule has 1 aromatic carbocycles. The lowest BCUT2D eigenvalue weighted by molar-refractivity contribution is 0.338. The summed E-state index contributed by atoms with van der Waals surface area (Å²) in [4.78, 5) is 11.1. The molecule has 5 heteroatoms. The zero-order valence-electron chi connectivity index (χ0n) is 8.51. The van der Waals surface area contributed by atoms with E-state index in [0.29, 0.717) is 10.5 Å². The molecule has 0 saturated carbocycles. The highest BCUT2D eigenvalue weighted by Gasteiger charge is 2.21. The molecule has 0 aliphatic heterocycles. The number of aromatic hydroxyl groups is 1. The van der Waals surface area contributed by atoms with Crippen molar-refractivity contribution < 1.29 is 9.52 Å². The van der Waals surface area contributed by atoms with E-state index in [-0.39, 0.29) is 11.8 Å². The molecular formula is C11H9NO3S. The number of rotatable bonds is 3. The van der Waals surface area contributed by atoms with Gasteiger partial charge in [0.25, 0.3) is 11.8 Å². The van der Waals surface area contributed by atoms with Gasteiger partial charge in [0.1, 0.15) is 0 Å². The minimum absolute atomic E-state index is 0.0798. The van der Waals surface area contributed by atoms with Crippen LogP contribution in [-0.2, 0) is 0 Å². The number of nitroso groups, excluding NO2 is 1. The summed E-state index contributed by atoms with van der Waals surface area (Å²) in [6.07, 6.45) is 1.80. The maximum Gasteiger partial charge on any atom is 0.293 e. The lowest BCUT2D eigenvalue weighted by Crippen LogP contribution is -1.76. The van der Waals surface area contributed by atoms with E-state index in [1.165, 1.54) is 11.8 Å². The van der Waals surface area contributed by atoms with Crippen molar-refractivity contribution in [2.75, 3.05) is 6.26 Å². The lowest BCUT2D eigenvalue weighted by Gasteiger charge is -1.99. The van der Waals surface area contributed by atoms with Gasteiger partial charge in [0.05, 0.1) is 10.5 Å². The summed E-state index contributed by atoms with van der Waals surface area (Å²) in [7, 11) is 0. The molecule has 16 heavy (non-hydrogen) atoms. The summed E-state index contributed by atoms with van der Waals surface area (Å²) in [5.74, 6) is -0.353. The Morgan fingerprint density at radius 3 is 2.56 bits per heavy atom. The normalized spacial score (nSPS) is 10.3. The van der Waals surface area contributed by atoms with Crippen LogP contribution in [0.1, 0.15) is 0 Å². The summed E-state index contributed by atoms with van der Waals surface area (Å²) in [6, 6.07) is 9.23. The third-order valence-electron chi connectivity index (χ3n) is 2.18. The molecule has 1 N–H and O–H groups in total. The molecule has 1 heterocycles. The summed E-state index contributed by atoms with van der Waals surface area (Å²) in [5.41, 5.74) is 1.31. The Labute approximate surface area is 96.3 Å². The topological polar surface area (TPSA) is 62.8 Å². The zero-order chi connectivity index (χ0) is 11.5. The highest BCUT2D eigenvalue weighted by atomic mass is 32.2. The van der Waals surface area contributed by atoms with Crippen molar-refractivity contribution >= 4 is 17.6 Å². The molecule has 4 nitrogen and oxygen atoms in total. The van der Waals surface area contributed by atoms with Gasteiger partial charge in [-0.15, -0.1) is 16.7 Å². The number of hydrogen-bond donors (Lipinski definition) is 1. The maximum atomic E-state index is 10.5. The van der Waals surface area contributed by atoms with E-state index in [1.54, 1.807) is 6.26 Å². The first kappa shape index (κ1) is 10.8. The molecule has 0 unspecified atom stereocenters. The van der Waals surface area contributed by atoms with E-state index in [0.717, 1.165) is 5.56 Å². The molecule has 2 rings (SSSR count). The Balaban J connectivity index is 2.64. The van der Waals surface area contributed by atoms with Gasteiger partial charge in [-0.05, 0) is 11.8 Å². The van der Waals surface area contributed by atoms with E-state index in [1.807, 2.05) is 30.3 Å². The van der Waals surface area contributed by atoms with Gasteiger partial charge in [-0.25, -0.2) is 0 Å². The second kappa shape index (κ2) is 4.40. The Kier molecular flexibility index (Phi) is 2.96. The van der Waals surface area contributed by atoms with Crippen LogP contribution in [0.4, 0.5) is 5.88 Å². The summed E-state index contributed by atoms with van der Waals surface area (Å²) >= 11 is 1.31. The predicted molar refractivity (Wildman–Crippen MR) is 63.0 cm³/mol. The van der Waals surface area contributed by atoms with Gasteiger partial charge in [-0.3, -0.25) is 0 Å². The van der Waals surface area contributed by atoms with Crippen LogP contribution in [0.15, 0.2) is 44.8 Å². The van der Waals surface area contributed by atoms with Crippen LogP contribution >= 0.6 is 11.8 Å². The minimum Gasteiger partial charge on any atom is -0.480 e. The van der Waals surface area contributed by atoms with Crippen molar-refractivity contribution in [3.05, 3.63) is 35.2 Å². The Morgan fingerprint density at radius 1 is 1.31 bits per heavy atom. The van der Waals surface area contributed by atoms with E-state index in [2.05, 4.69) is 5.18 Å². The average molecular weight is 235 g/mol. The van der Waals surface area contributed by atoms with Crippen molar-refractivity contribution in [3.8, 4) is 17.1 Å². The van der Waals surface area contributed by atoms with Crippen LogP contribution in [0, 0.1) is 4.91 Å². The predicted octanol–water partition coefficient (Wildman–Crippen LogP) is 3.77. The zero-order valence-corrected chi connectivity index (χ0v) is 9.32. The standard InChI is InChI=1S/C11H9NO3S/c1-16-9-8(7-5-3-2-4-6-7)11(13)15-10(9)12-14/h2-6,13H,1H3. The fraction of sp³-hybridized carbons (Fsp3) is 0.0909. The van der Waals surface area contributed by atoms with Gasteiger partial charge in [-0.2, -0.15) is 0 Å². The van der Waals surface area contributed by atoms with Crippen molar-refractivity contribution in [1.29, 1.82) is 0 Å². The smallest absolute Gasteiger partial charge is 0.293 e. The van der Waals surface area contributed by atoms with Crippen molar-refractivity contribution in [1.82, 2.24) is 0 Å². The highest BCUT2D eigenvalue weighted by molar-refractivity contribution is 7.98. The van der Waals surface area contributed by atoms with Crippen LogP contribution in [0.25, 0.3) is 11.1 Å². The van der Waals surface area contributed by atoms with Gasteiger partial charge in [-0.1, -0.05) is 30.3 Å². The van der Waals surface area contributed by atoms with Crippen molar-refractivity contribution in [2.45, 2.75) is 4.90 Å². The molecule has 82 valence electrons. The molecule has 0 spiro atoms. The molecular weight excluding hydrogens is 226 g/mol. The molecule has 0 aliphatic rings. The number of thioether (sulfide) groups is 1. The summed E-state index contributed by atoms with van der Waals surface area (Å²) < 4.78 is 4.90. The Morgan fingerprint density at radius 2 is 2.00 bits per heavy atom. The number of benzene rings is 1. The van der Waals surface area contributed by atoms with Crippen LogP contribution in [0.3, 0.4) is 0 Å². The van der Waals surface area contributed by atoms with E-state index < -0.39 is 0 Å². The average Bonchev–Trinajstić information content (AvgIpc) is 2.66. The maximum absolute atomic E-state index is 10.5. The number of hydrogen-bond acceptors (Lipinski definition) is 5. The van der Waals surface area contributed by atoms with Crippen molar-refractivity contribution in [2.24, 2.45) is 5.18 Å². The molecule has 2 aromatic rings. The van der Waals surface area contributed by atoms with E-state index in [9.17, 15) is 10.0 Å². The summed E-state index contributed by atoms with van der Waals surface area (Å²) in [5, 5.41) is 12.4. The Hall–Kier alpha value is -1.75. The highest BCUT2D eigenvalue weighted by Crippen LogP contribution is 2.46. The van der Waals surface area contributed by atoms with Gasteiger partial charge < -0.3 is 9.52 Å². The molecule has 0 aliphatic carbocycles. The van der Waals surface area contributed by atoms with Crippen LogP contribution < -0.4 is 0 Å². The first-order chi connectivity index (χ1) is 7.77. The summed E-state index contributed by atoms with van der Waals surface area (Å²) in [6.45, 7) is 0. The third-order valence-corrected chi connectivity index (χ3v) is 2.97. The molecule has 1 aromatic heterocycles. The number of furan rings is 1. The van der Waals surface area contributed by atoms with Gasteiger partial charge >= 0.3 is 0 Å². The van der Waals surface area contributed by atoms with Gasteiger partial charge in [0, 0.05) is 5.18 Å². The van der Waals surface area contributed by atoms with Gasteiger partial charge in [0.2, 0.25) is 0 Å². The van der Waals surface area contributed by atoms with Crippen LogP contribution in [0.2, 0.25) is 0 Å². The number of nitrogens with zero attached hydrogens (tertiary/aromatic N) is 1. The van der Waals surface area contributed by atoms with Crippen LogP contribution in [0.5, 0.6) is 5.95 Å². The van der Waals surface area contributed by atoms with E-state index in [4.69, 9.17) is 4.42 Å². The molecule has 0 saturated heterocycles. The molecule has 0 fully saturated rings. The first-order valence-electron chi connectivity index (χ1n) is 4.56. The fourth-order valence-electron chi connectivity index (χ4n) is 1.50. The molecule has 0 radical (unpaired) electrons. The minimum atomic E-state index is -0.273. The Bertz CT molecular complexity index is 507. The van der Waals surface area contributed by atoms with E-state index >= 15 is 0 Å². The quantitative estimate of drug-likeness (QED) is 0.649. The second-order valence-corrected chi connectivity index (χ2v) is 3.89. The van der Waals surface area contributed by atoms with Crippen LogP contribution in [-0.4, -0.2) is 11.4 Å². The molecule has 0 atom stereocenters. The SMILES string of the molecule is CSc1c(N=O)oc(O)c1-c1ccccc1. The van der Waals surface area contributed by atoms with Crippen molar-refractivity contribution in [3.63, 3.8) is 0 Å². The monoisotopic (exact) mass is 235 g/mol. The first-order valence-corrected chi connectivity index (χ1v) is 5.79. The second-order valence-electron chi connectivity index (χ2n) is 3.08. The lowest BCUT2D eigenvalue weighted by atomic mass is 10.1. The third kappa shape index (κ3) is 1.69. The largest absolute Gasteiger partial charge is 0.480 e. The molecule has 0 amide bonds. The molecule has 0 bridgehead atoms. The van der Waals surface area contributed by atoms with Gasteiger partial charge in [0.15, 0.2) is 0 Å².